The van der Waals surface area contributed by atoms with Crippen LogP contribution in [-0.2, 0) is 16.0 Å². The molecular formula is C15H21NO2. The lowest BCUT2D eigenvalue weighted by Gasteiger charge is -2.11. The van der Waals surface area contributed by atoms with Gasteiger partial charge in [0.25, 0.3) is 0 Å². The van der Waals surface area contributed by atoms with Crippen LogP contribution in [0.5, 0.6) is 0 Å². The van der Waals surface area contributed by atoms with Crippen molar-refractivity contribution in [2.24, 2.45) is 0 Å². The van der Waals surface area contributed by atoms with Gasteiger partial charge >= 0.3 is 0 Å². The molecule has 0 aliphatic carbocycles. The van der Waals surface area contributed by atoms with Crippen molar-refractivity contribution in [1.29, 1.82) is 0 Å². The van der Waals surface area contributed by atoms with Crippen molar-refractivity contribution < 1.29 is 9.53 Å². The first-order chi connectivity index (χ1) is 8.66. The molecule has 0 saturated carbocycles. The van der Waals surface area contributed by atoms with Crippen LogP contribution in [-0.4, -0.2) is 25.2 Å². The van der Waals surface area contributed by atoms with Gasteiger partial charge in [-0.25, -0.2) is 0 Å². The lowest BCUT2D eigenvalue weighted by atomic mass is 10.0. The van der Waals surface area contributed by atoms with Crippen molar-refractivity contribution in [1.82, 2.24) is 5.32 Å². The molecule has 1 aromatic carbocycles. The van der Waals surface area contributed by atoms with Crippen molar-refractivity contribution in [2.45, 2.75) is 39.2 Å². The van der Waals surface area contributed by atoms with E-state index in [2.05, 4.69) is 37.4 Å². The number of carbonyl (C=O) groups is 1. The number of rotatable bonds is 4. The largest absolute Gasteiger partial charge is 0.368 e. The Kier molecular flexibility index (Phi) is 4.37. The van der Waals surface area contributed by atoms with Gasteiger partial charge in [0, 0.05) is 13.2 Å². The summed E-state index contributed by atoms with van der Waals surface area (Å²) in [5, 5.41) is 2.96. The Labute approximate surface area is 109 Å². The minimum Gasteiger partial charge on any atom is -0.368 e. The minimum atomic E-state index is -0.219. The van der Waals surface area contributed by atoms with E-state index in [9.17, 15) is 4.79 Å². The maximum atomic E-state index is 11.8. The SMILES string of the molecule is Cc1ccc(C)c(CCNC(=O)C2CCCO2)c1. The Balaban J connectivity index is 1.81. The molecule has 0 aromatic heterocycles. The number of aryl methyl sites for hydroxylation is 2. The summed E-state index contributed by atoms with van der Waals surface area (Å²) in [5.74, 6) is 0.0396. The summed E-state index contributed by atoms with van der Waals surface area (Å²) in [7, 11) is 0. The second-order valence-corrected chi connectivity index (χ2v) is 4.97. The highest BCUT2D eigenvalue weighted by atomic mass is 16.5. The van der Waals surface area contributed by atoms with E-state index in [1.165, 1.54) is 16.7 Å². The molecule has 1 aliphatic heterocycles. The van der Waals surface area contributed by atoms with Crippen molar-refractivity contribution in [3.63, 3.8) is 0 Å². The van der Waals surface area contributed by atoms with Gasteiger partial charge in [-0.2, -0.15) is 0 Å². The van der Waals surface area contributed by atoms with Crippen molar-refractivity contribution in [3.8, 4) is 0 Å². The fourth-order valence-corrected chi connectivity index (χ4v) is 2.29. The summed E-state index contributed by atoms with van der Waals surface area (Å²) < 4.78 is 5.35. The molecular weight excluding hydrogens is 226 g/mol. The summed E-state index contributed by atoms with van der Waals surface area (Å²) in [6.07, 6.45) is 2.51. The molecule has 1 atom stereocenters. The van der Waals surface area contributed by atoms with Crippen LogP contribution in [0.4, 0.5) is 0 Å². The summed E-state index contributed by atoms with van der Waals surface area (Å²) in [6, 6.07) is 6.43. The predicted octanol–water partition coefficient (Wildman–Crippen LogP) is 2.14. The Morgan fingerprint density at radius 1 is 1.44 bits per heavy atom. The normalized spacial score (nSPS) is 18.9. The molecule has 18 heavy (non-hydrogen) atoms. The third-order valence-electron chi connectivity index (χ3n) is 3.42. The molecule has 1 aliphatic rings. The molecule has 3 nitrogen and oxygen atoms in total. The molecule has 1 N–H and O–H groups in total. The van der Waals surface area contributed by atoms with Gasteiger partial charge in [0.05, 0.1) is 0 Å². The monoisotopic (exact) mass is 247 g/mol. The lowest BCUT2D eigenvalue weighted by molar-refractivity contribution is -0.129. The zero-order chi connectivity index (χ0) is 13.0. The van der Waals surface area contributed by atoms with Gasteiger partial charge in [0.15, 0.2) is 0 Å². The lowest BCUT2D eigenvalue weighted by Crippen LogP contribution is -2.35. The quantitative estimate of drug-likeness (QED) is 0.885. The number of amides is 1. The van der Waals surface area contributed by atoms with Crippen LogP contribution in [0.2, 0.25) is 0 Å². The van der Waals surface area contributed by atoms with Crippen LogP contribution in [0.15, 0.2) is 18.2 Å². The third kappa shape index (κ3) is 3.33. The van der Waals surface area contributed by atoms with Crippen LogP contribution in [0, 0.1) is 13.8 Å². The van der Waals surface area contributed by atoms with Gasteiger partial charge in [-0.1, -0.05) is 23.8 Å². The third-order valence-corrected chi connectivity index (χ3v) is 3.42. The van der Waals surface area contributed by atoms with E-state index >= 15 is 0 Å². The van der Waals surface area contributed by atoms with Crippen LogP contribution >= 0.6 is 0 Å². The Hall–Kier alpha value is -1.35. The molecule has 1 aromatic rings. The number of ether oxygens (including phenoxy) is 1. The van der Waals surface area contributed by atoms with E-state index in [1.807, 2.05) is 0 Å². The highest BCUT2D eigenvalue weighted by Crippen LogP contribution is 2.13. The fourth-order valence-electron chi connectivity index (χ4n) is 2.29. The smallest absolute Gasteiger partial charge is 0.249 e. The summed E-state index contributed by atoms with van der Waals surface area (Å²) >= 11 is 0. The number of hydrogen-bond donors (Lipinski definition) is 1. The Morgan fingerprint density at radius 3 is 3.00 bits per heavy atom. The molecule has 1 amide bonds. The fraction of sp³-hybridized carbons (Fsp3) is 0.533. The second-order valence-electron chi connectivity index (χ2n) is 4.97. The van der Waals surface area contributed by atoms with Crippen molar-refractivity contribution in [2.75, 3.05) is 13.2 Å². The first kappa shape index (κ1) is 13.1. The van der Waals surface area contributed by atoms with Gasteiger partial charge in [-0.05, 0) is 44.2 Å². The van der Waals surface area contributed by atoms with Crippen LogP contribution in [0.1, 0.15) is 29.5 Å². The maximum Gasteiger partial charge on any atom is 0.249 e. The van der Waals surface area contributed by atoms with Crippen LogP contribution in [0.3, 0.4) is 0 Å². The molecule has 1 unspecified atom stereocenters. The zero-order valence-corrected chi connectivity index (χ0v) is 11.2. The van der Waals surface area contributed by atoms with Crippen molar-refractivity contribution >= 4 is 5.91 Å². The van der Waals surface area contributed by atoms with Crippen LogP contribution in [0.25, 0.3) is 0 Å². The van der Waals surface area contributed by atoms with E-state index in [4.69, 9.17) is 4.74 Å². The number of hydrogen-bond acceptors (Lipinski definition) is 2. The highest BCUT2D eigenvalue weighted by Gasteiger charge is 2.22. The average Bonchev–Trinajstić information content (AvgIpc) is 2.87. The van der Waals surface area contributed by atoms with Gasteiger partial charge in [0.1, 0.15) is 6.10 Å². The molecule has 1 heterocycles. The van der Waals surface area contributed by atoms with Gasteiger partial charge in [0.2, 0.25) is 5.91 Å². The van der Waals surface area contributed by atoms with E-state index in [-0.39, 0.29) is 12.0 Å². The number of carbonyl (C=O) groups excluding carboxylic acids is 1. The first-order valence-electron chi connectivity index (χ1n) is 6.62. The van der Waals surface area contributed by atoms with E-state index in [0.717, 1.165) is 25.9 Å². The van der Waals surface area contributed by atoms with Crippen molar-refractivity contribution in [3.05, 3.63) is 34.9 Å². The molecule has 1 fully saturated rings. The van der Waals surface area contributed by atoms with Gasteiger partial charge in [-0.15, -0.1) is 0 Å². The number of nitrogens with one attached hydrogen (secondary N) is 1. The van der Waals surface area contributed by atoms with E-state index in [0.29, 0.717) is 6.54 Å². The Morgan fingerprint density at radius 2 is 2.28 bits per heavy atom. The van der Waals surface area contributed by atoms with E-state index in [1.54, 1.807) is 0 Å². The summed E-state index contributed by atoms with van der Waals surface area (Å²) in [5.41, 5.74) is 3.86. The van der Waals surface area contributed by atoms with E-state index < -0.39 is 0 Å². The Bertz CT molecular complexity index is 423. The van der Waals surface area contributed by atoms with Gasteiger partial charge in [-0.3, -0.25) is 4.79 Å². The molecule has 0 spiro atoms. The van der Waals surface area contributed by atoms with Crippen LogP contribution < -0.4 is 5.32 Å². The average molecular weight is 247 g/mol. The first-order valence-corrected chi connectivity index (χ1v) is 6.62. The maximum absolute atomic E-state index is 11.8. The topological polar surface area (TPSA) is 38.3 Å². The molecule has 3 heteroatoms. The zero-order valence-electron chi connectivity index (χ0n) is 11.2. The molecule has 98 valence electrons. The predicted molar refractivity (Wildman–Crippen MR) is 71.6 cm³/mol. The molecule has 2 rings (SSSR count). The molecule has 0 radical (unpaired) electrons. The molecule has 0 bridgehead atoms. The highest BCUT2D eigenvalue weighted by molar-refractivity contribution is 5.80. The second kappa shape index (κ2) is 6.01. The summed E-state index contributed by atoms with van der Waals surface area (Å²) in [6.45, 7) is 5.60. The minimum absolute atomic E-state index is 0.0396. The summed E-state index contributed by atoms with van der Waals surface area (Å²) in [4.78, 5) is 11.8. The standard InChI is InChI=1S/C15H21NO2/c1-11-5-6-12(2)13(10-11)7-8-16-15(17)14-4-3-9-18-14/h5-6,10,14H,3-4,7-9H2,1-2H3,(H,16,17). The molecule has 1 saturated heterocycles. The van der Waals surface area contributed by atoms with Gasteiger partial charge < -0.3 is 10.1 Å². The number of benzene rings is 1.